The minimum absolute atomic E-state index is 0.165. The van der Waals surface area contributed by atoms with Gasteiger partial charge in [0.05, 0.1) is 6.04 Å². The zero-order valence-electron chi connectivity index (χ0n) is 11.5. The van der Waals surface area contributed by atoms with Gasteiger partial charge >= 0.3 is 6.09 Å². The number of benzene rings is 1. The summed E-state index contributed by atoms with van der Waals surface area (Å²) in [4.78, 5) is 11.6. The summed E-state index contributed by atoms with van der Waals surface area (Å²) in [5.41, 5.74) is 1.39. The summed E-state index contributed by atoms with van der Waals surface area (Å²) in [5.74, 6) is 0. The quantitative estimate of drug-likeness (QED) is 0.886. The van der Waals surface area contributed by atoms with Crippen LogP contribution in [0.4, 0.5) is 4.79 Å². The Bertz CT molecular complexity index is 418. The fourth-order valence-corrected chi connectivity index (χ4v) is 1.47. The molecule has 0 aromatic heterocycles. The molecule has 1 N–H and O–H groups in total. The van der Waals surface area contributed by atoms with Crippen molar-refractivity contribution in [2.45, 2.75) is 39.3 Å². The van der Waals surface area contributed by atoms with E-state index in [2.05, 4.69) is 11.9 Å². The maximum Gasteiger partial charge on any atom is 0.408 e. The Balaban J connectivity index is 2.59. The number of amides is 1. The first-order chi connectivity index (χ1) is 8.29. The van der Waals surface area contributed by atoms with E-state index in [1.54, 1.807) is 0 Å². The van der Waals surface area contributed by atoms with Gasteiger partial charge in [-0.2, -0.15) is 0 Å². The molecule has 0 heterocycles. The van der Waals surface area contributed by atoms with E-state index in [4.69, 9.17) is 4.74 Å². The summed E-state index contributed by atoms with van der Waals surface area (Å²) in [5, 5.41) is 2.77. The standard InChI is InChI=1S/C15H21NO2/c1-11(13-9-7-6-8-10-13)12(2)16-14(17)18-15(3,4)5/h6-10,12H,1H2,2-5H3,(H,16,17)/t12-/m0/s1. The zero-order valence-corrected chi connectivity index (χ0v) is 11.5. The molecule has 3 heteroatoms. The molecule has 0 unspecified atom stereocenters. The molecule has 0 radical (unpaired) electrons. The van der Waals surface area contributed by atoms with Gasteiger partial charge in [-0.1, -0.05) is 36.9 Å². The lowest BCUT2D eigenvalue weighted by Crippen LogP contribution is -2.38. The Morgan fingerprint density at radius 2 is 1.83 bits per heavy atom. The SMILES string of the molecule is C=C(c1ccccc1)[C@H](C)NC(=O)OC(C)(C)C. The Morgan fingerprint density at radius 1 is 1.28 bits per heavy atom. The van der Waals surface area contributed by atoms with Gasteiger partial charge in [-0.15, -0.1) is 0 Å². The van der Waals surface area contributed by atoms with Gasteiger partial charge in [0.25, 0.3) is 0 Å². The molecule has 18 heavy (non-hydrogen) atoms. The predicted molar refractivity (Wildman–Crippen MR) is 74.3 cm³/mol. The molecule has 1 atom stereocenters. The van der Waals surface area contributed by atoms with Gasteiger partial charge in [0, 0.05) is 0 Å². The molecule has 0 saturated heterocycles. The smallest absolute Gasteiger partial charge is 0.408 e. The summed E-state index contributed by atoms with van der Waals surface area (Å²) >= 11 is 0. The summed E-state index contributed by atoms with van der Waals surface area (Å²) in [6.07, 6.45) is -0.424. The summed E-state index contributed by atoms with van der Waals surface area (Å²) < 4.78 is 5.20. The van der Waals surface area contributed by atoms with Crippen LogP contribution in [0, 0.1) is 0 Å². The van der Waals surface area contributed by atoms with Crippen LogP contribution in [0.2, 0.25) is 0 Å². The lowest BCUT2D eigenvalue weighted by Gasteiger charge is -2.23. The topological polar surface area (TPSA) is 38.3 Å². The Morgan fingerprint density at radius 3 is 2.33 bits per heavy atom. The first kappa shape index (κ1) is 14.3. The average molecular weight is 247 g/mol. The molecular formula is C15H21NO2. The van der Waals surface area contributed by atoms with Crippen LogP contribution in [0.3, 0.4) is 0 Å². The van der Waals surface area contributed by atoms with E-state index in [0.717, 1.165) is 11.1 Å². The second-order valence-corrected chi connectivity index (χ2v) is 5.26. The van der Waals surface area contributed by atoms with Crippen molar-refractivity contribution < 1.29 is 9.53 Å². The van der Waals surface area contributed by atoms with Crippen LogP contribution in [0.5, 0.6) is 0 Å². The van der Waals surface area contributed by atoms with E-state index < -0.39 is 11.7 Å². The van der Waals surface area contributed by atoms with Crippen LogP contribution >= 0.6 is 0 Å². The maximum absolute atomic E-state index is 11.6. The molecule has 0 aliphatic carbocycles. The highest BCUT2D eigenvalue weighted by molar-refractivity contribution is 5.74. The van der Waals surface area contributed by atoms with Crippen molar-refractivity contribution in [3.8, 4) is 0 Å². The number of hydrogen-bond acceptors (Lipinski definition) is 2. The van der Waals surface area contributed by atoms with Crippen LogP contribution in [0.1, 0.15) is 33.3 Å². The number of carbonyl (C=O) groups excluding carboxylic acids is 1. The van der Waals surface area contributed by atoms with Crippen LogP contribution in [0.15, 0.2) is 36.9 Å². The van der Waals surface area contributed by atoms with Crippen molar-refractivity contribution in [2.24, 2.45) is 0 Å². The largest absolute Gasteiger partial charge is 0.444 e. The van der Waals surface area contributed by atoms with E-state index in [1.807, 2.05) is 58.0 Å². The number of carbonyl (C=O) groups is 1. The van der Waals surface area contributed by atoms with Crippen molar-refractivity contribution in [2.75, 3.05) is 0 Å². The van der Waals surface area contributed by atoms with E-state index in [1.165, 1.54) is 0 Å². The van der Waals surface area contributed by atoms with E-state index in [0.29, 0.717) is 0 Å². The molecule has 1 rings (SSSR count). The molecule has 1 aromatic rings. The maximum atomic E-state index is 11.6. The number of hydrogen-bond donors (Lipinski definition) is 1. The Kier molecular flexibility index (Phi) is 4.54. The third kappa shape index (κ3) is 4.62. The second kappa shape index (κ2) is 5.71. The third-order valence-corrected chi connectivity index (χ3v) is 2.40. The zero-order chi connectivity index (χ0) is 13.8. The van der Waals surface area contributed by atoms with Crippen LogP contribution in [-0.2, 0) is 4.74 Å². The normalized spacial score (nSPS) is 12.7. The molecule has 0 spiro atoms. The Hall–Kier alpha value is -1.77. The van der Waals surface area contributed by atoms with Crippen molar-refractivity contribution >= 4 is 11.7 Å². The lowest BCUT2D eigenvalue weighted by molar-refractivity contribution is 0.0519. The summed E-state index contributed by atoms with van der Waals surface area (Å²) in [6.45, 7) is 11.4. The average Bonchev–Trinajstić information content (AvgIpc) is 2.26. The van der Waals surface area contributed by atoms with Crippen molar-refractivity contribution in [1.82, 2.24) is 5.32 Å². The van der Waals surface area contributed by atoms with Gasteiger partial charge in [-0.05, 0) is 38.8 Å². The molecule has 3 nitrogen and oxygen atoms in total. The molecule has 1 aromatic carbocycles. The van der Waals surface area contributed by atoms with E-state index in [9.17, 15) is 4.79 Å². The molecule has 1 amide bonds. The lowest BCUT2D eigenvalue weighted by atomic mass is 10.0. The van der Waals surface area contributed by atoms with Gasteiger partial charge in [-0.3, -0.25) is 0 Å². The van der Waals surface area contributed by atoms with Gasteiger partial charge in [0.1, 0.15) is 5.60 Å². The van der Waals surface area contributed by atoms with Crippen LogP contribution in [-0.4, -0.2) is 17.7 Å². The predicted octanol–water partition coefficient (Wildman–Crippen LogP) is 3.61. The number of alkyl carbamates (subject to hydrolysis) is 1. The number of nitrogens with one attached hydrogen (secondary N) is 1. The highest BCUT2D eigenvalue weighted by atomic mass is 16.6. The van der Waals surface area contributed by atoms with Gasteiger partial charge in [0.2, 0.25) is 0 Å². The monoisotopic (exact) mass is 247 g/mol. The summed E-state index contributed by atoms with van der Waals surface area (Å²) in [6, 6.07) is 9.61. The van der Waals surface area contributed by atoms with Gasteiger partial charge in [0.15, 0.2) is 0 Å². The minimum Gasteiger partial charge on any atom is -0.444 e. The van der Waals surface area contributed by atoms with Crippen molar-refractivity contribution in [3.63, 3.8) is 0 Å². The minimum atomic E-state index is -0.488. The van der Waals surface area contributed by atoms with Crippen molar-refractivity contribution in [3.05, 3.63) is 42.5 Å². The van der Waals surface area contributed by atoms with Crippen LogP contribution in [0.25, 0.3) is 5.57 Å². The van der Waals surface area contributed by atoms with Crippen LogP contribution < -0.4 is 5.32 Å². The second-order valence-electron chi connectivity index (χ2n) is 5.26. The first-order valence-corrected chi connectivity index (χ1v) is 6.03. The molecule has 0 aliphatic rings. The fraction of sp³-hybridized carbons (Fsp3) is 0.400. The molecule has 0 bridgehead atoms. The summed E-state index contributed by atoms with van der Waals surface area (Å²) in [7, 11) is 0. The van der Waals surface area contributed by atoms with Crippen molar-refractivity contribution in [1.29, 1.82) is 0 Å². The molecular weight excluding hydrogens is 226 g/mol. The van der Waals surface area contributed by atoms with E-state index >= 15 is 0 Å². The van der Waals surface area contributed by atoms with E-state index in [-0.39, 0.29) is 6.04 Å². The Labute approximate surface area is 109 Å². The molecule has 98 valence electrons. The highest BCUT2D eigenvalue weighted by Gasteiger charge is 2.18. The number of rotatable bonds is 3. The molecule has 0 saturated carbocycles. The highest BCUT2D eigenvalue weighted by Crippen LogP contribution is 2.16. The third-order valence-electron chi connectivity index (χ3n) is 2.40. The number of ether oxygens (including phenoxy) is 1. The fourth-order valence-electron chi connectivity index (χ4n) is 1.47. The van der Waals surface area contributed by atoms with Gasteiger partial charge in [-0.25, -0.2) is 4.79 Å². The van der Waals surface area contributed by atoms with Gasteiger partial charge < -0.3 is 10.1 Å². The first-order valence-electron chi connectivity index (χ1n) is 6.03. The molecule has 0 fully saturated rings. The molecule has 0 aliphatic heterocycles.